The summed E-state index contributed by atoms with van der Waals surface area (Å²) in [5.74, 6) is 0.842. The zero-order chi connectivity index (χ0) is 18.0. The minimum atomic E-state index is -0.726. The van der Waals surface area contributed by atoms with Gasteiger partial charge < -0.3 is 15.2 Å². The molecule has 1 saturated carbocycles. The summed E-state index contributed by atoms with van der Waals surface area (Å²) < 4.78 is 5.79. The summed E-state index contributed by atoms with van der Waals surface area (Å²) in [6, 6.07) is 17.4. The van der Waals surface area contributed by atoms with Gasteiger partial charge in [0.15, 0.2) is 5.13 Å². The van der Waals surface area contributed by atoms with Crippen molar-refractivity contribution >= 4 is 22.4 Å². The van der Waals surface area contributed by atoms with Gasteiger partial charge in [0.05, 0.1) is 11.1 Å². The van der Waals surface area contributed by atoms with Crippen LogP contribution in [0.4, 0.5) is 5.13 Å². The molecule has 26 heavy (non-hydrogen) atoms. The molecule has 0 aliphatic heterocycles. The van der Waals surface area contributed by atoms with Gasteiger partial charge in [-0.05, 0) is 49.2 Å². The summed E-state index contributed by atoms with van der Waals surface area (Å²) in [4.78, 5) is 15.8. The molecule has 0 unspecified atom stereocenters. The van der Waals surface area contributed by atoms with Crippen LogP contribution in [0.1, 0.15) is 12.8 Å². The maximum Gasteiger partial charge on any atom is 0.311 e. The zero-order valence-electron chi connectivity index (χ0n) is 14.0. The van der Waals surface area contributed by atoms with Crippen LogP contribution in [0.2, 0.25) is 0 Å². The molecule has 5 nitrogen and oxygen atoms in total. The molecular formula is C20H18N2O3S. The fourth-order valence-electron chi connectivity index (χ4n) is 2.67. The Morgan fingerprint density at radius 1 is 1.12 bits per heavy atom. The molecule has 2 aromatic carbocycles. The van der Waals surface area contributed by atoms with Gasteiger partial charge in [0.25, 0.3) is 0 Å². The molecule has 6 heteroatoms. The number of hydrogen-bond acceptors (Lipinski definition) is 5. The van der Waals surface area contributed by atoms with E-state index in [4.69, 9.17) is 4.74 Å². The van der Waals surface area contributed by atoms with Crippen LogP contribution in [0.3, 0.4) is 0 Å². The Labute approximate surface area is 155 Å². The first-order chi connectivity index (χ1) is 12.6. The molecule has 0 bridgehead atoms. The molecule has 0 amide bonds. The van der Waals surface area contributed by atoms with Crippen molar-refractivity contribution in [1.29, 1.82) is 0 Å². The number of aromatic nitrogens is 1. The van der Waals surface area contributed by atoms with E-state index >= 15 is 0 Å². The van der Waals surface area contributed by atoms with Gasteiger partial charge in [0, 0.05) is 17.5 Å². The first kappa shape index (κ1) is 16.6. The Balaban J connectivity index is 1.40. The Morgan fingerprint density at radius 2 is 1.81 bits per heavy atom. The summed E-state index contributed by atoms with van der Waals surface area (Å²) in [5, 5.41) is 15.1. The molecule has 1 aromatic heterocycles. The lowest BCUT2D eigenvalue weighted by molar-refractivity contribution is -0.142. The highest BCUT2D eigenvalue weighted by Gasteiger charge is 2.50. The third kappa shape index (κ3) is 3.55. The van der Waals surface area contributed by atoms with Crippen LogP contribution in [0.15, 0.2) is 60.0 Å². The number of thiazole rings is 1. The van der Waals surface area contributed by atoms with Crippen molar-refractivity contribution in [3.8, 4) is 22.8 Å². The SMILES string of the molecule is O=C(O)C1(CNc2nc(-c3ccc(Oc4ccccc4)cc3)cs2)CC1. The van der Waals surface area contributed by atoms with Crippen LogP contribution in [-0.2, 0) is 4.79 Å². The van der Waals surface area contributed by atoms with Crippen molar-refractivity contribution in [2.24, 2.45) is 5.41 Å². The smallest absolute Gasteiger partial charge is 0.311 e. The van der Waals surface area contributed by atoms with Crippen LogP contribution in [-0.4, -0.2) is 22.6 Å². The highest BCUT2D eigenvalue weighted by Crippen LogP contribution is 2.46. The average Bonchev–Trinajstić information content (AvgIpc) is 3.32. The topological polar surface area (TPSA) is 71.5 Å². The Kier molecular flexibility index (Phi) is 4.34. The van der Waals surface area contributed by atoms with E-state index in [9.17, 15) is 9.90 Å². The maximum absolute atomic E-state index is 11.2. The van der Waals surface area contributed by atoms with Crippen molar-refractivity contribution < 1.29 is 14.6 Å². The lowest BCUT2D eigenvalue weighted by atomic mass is 10.1. The highest BCUT2D eigenvalue weighted by molar-refractivity contribution is 7.14. The van der Waals surface area contributed by atoms with E-state index in [-0.39, 0.29) is 0 Å². The zero-order valence-corrected chi connectivity index (χ0v) is 14.8. The molecule has 0 spiro atoms. The Morgan fingerprint density at radius 3 is 2.46 bits per heavy atom. The second-order valence-corrected chi connectivity index (χ2v) is 7.27. The van der Waals surface area contributed by atoms with Crippen molar-refractivity contribution in [3.63, 3.8) is 0 Å². The fraction of sp³-hybridized carbons (Fsp3) is 0.200. The molecule has 1 aliphatic carbocycles. The van der Waals surface area contributed by atoms with Crippen LogP contribution < -0.4 is 10.1 Å². The molecule has 1 aliphatic rings. The highest BCUT2D eigenvalue weighted by atomic mass is 32.1. The summed E-state index contributed by atoms with van der Waals surface area (Å²) in [5.41, 5.74) is 1.26. The van der Waals surface area contributed by atoms with Gasteiger partial charge in [0.2, 0.25) is 0 Å². The first-order valence-corrected chi connectivity index (χ1v) is 9.29. The normalized spacial score (nSPS) is 14.6. The number of rotatable bonds is 7. The summed E-state index contributed by atoms with van der Waals surface area (Å²) >= 11 is 1.48. The second-order valence-electron chi connectivity index (χ2n) is 6.42. The molecule has 3 aromatic rings. The second kappa shape index (κ2) is 6.80. The molecule has 0 atom stereocenters. The van der Waals surface area contributed by atoms with E-state index in [1.54, 1.807) is 0 Å². The number of benzene rings is 2. The molecule has 0 saturated heterocycles. The van der Waals surface area contributed by atoms with Gasteiger partial charge in [0.1, 0.15) is 11.5 Å². The number of ether oxygens (including phenoxy) is 1. The van der Waals surface area contributed by atoms with Crippen molar-refractivity contribution in [2.75, 3.05) is 11.9 Å². The number of para-hydroxylation sites is 1. The van der Waals surface area contributed by atoms with Gasteiger partial charge in [-0.1, -0.05) is 18.2 Å². The van der Waals surface area contributed by atoms with E-state index in [1.165, 1.54) is 11.3 Å². The van der Waals surface area contributed by atoms with E-state index in [0.29, 0.717) is 6.54 Å². The number of nitrogens with one attached hydrogen (secondary N) is 1. The molecule has 2 N–H and O–H groups in total. The van der Waals surface area contributed by atoms with Crippen LogP contribution in [0.5, 0.6) is 11.5 Å². The van der Waals surface area contributed by atoms with Gasteiger partial charge in [-0.15, -0.1) is 11.3 Å². The minimum Gasteiger partial charge on any atom is -0.481 e. The summed E-state index contributed by atoms with van der Waals surface area (Å²) in [7, 11) is 0. The number of carbonyl (C=O) groups is 1. The predicted octanol–water partition coefficient (Wildman–Crippen LogP) is 4.88. The molecule has 1 heterocycles. The maximum atomic E-state index is 11.2. The summed E-state index contributed by atoms with van der Waals surface area (Å²) in [6.07, 6.45) is 1.47. The molecule has 4 rings (SSSR count). The van der Waals surface area contributed by atoms with E-state index < -0.39 is 11.4 Å². The molecule has 132 valence electrons. The summed E-state index contributed by atoms with van der Waals surface area (Å²) in [6.45, 7) is 0.430. The predicted molar refractivity (Wildman–Crippen MR) is 102 cm³/mol. The van der Waals surface area contributed by atoms with Crippen LogP contribution in [0.25, 0.3) is 11.3 Å². The Hall–Kier alpha value is -2.86. The lowest BCUT2D eigenvalue weighted by Crippen LogP contribution is -2.24. The van der Waals surface area contributed by atoms with Gasteiger partial charge in [-0.25, -0.2) is 4.98 Å². The van der Waals surface area contributed by atoms with E-state index in [0.717, 1.165) is 40.7 Å². The van der Waals surface area contributed by atoms with Crippen molar-refractivity contribution in [3.05, 3.63) is 60.0 Å². The van der Waals surface area contributed by atoms with Crippen molar-refractivity contribution in [2.45, 2.75) is 12.8 Å². The average molecular weight is 366 g/mol. The molecule has 0 radical (unpaired) electrons. The number of aliphatic carboxylic acids is 1. The van der Waals surface area contributed by atoms with Gasteiger partial charge >= 0.3 is 5.97 Å². The van der Waals surface area contributed by atoms with Gasteiger partial charge in [-0.3, -0.25) is 4.79 Å². The third-order valence-electron chi connectivity index (χ3n) is 4.52. The quantitative estimate of drug-likeness (QED) is 0.624. The number of nitrogens with zero attached hydrogens (tertiary/aromatic N) is 1. The number of anilines is 1. The van der Waals surface area contributed by atoms with E-state index in [2.05, 4.69) is 10.3 Å². The number of hydrogen-bond donors (Lipinski definition) is 2. The number of carboxylic acids is 1. The van der Waals surface area contributed by atoms with Gasteiger partial charge in [-0.2, -0.15) is 0 Å². The first-order valence-electron chi connectivity index (χ1n) is 8.41. The standard InChI is InChI=1S/C20H18N2O3S/c23-18(24)20(10-11-20)13-21-19-22-17(12-26-19)14-6-8-16(9-7-14)25-15-4-2-1-3-5-15/h1-9,12H,10-11,13H2,(H,21,22)(H,23,24). The fourth-order valence-corrected chi connectivity index (χ4v) is 3.39. The monoisotopic (exact) mass is 366 g/mol. The minimum absolute atomic E-state index is 0.430. The van der Waals surface area contributed by atoms with Crippen LogP contribution >= 0.6 is 11.3 Å². The third-order valence-corrected chi connectivity index (χ3v) is 5.32. The largest absolute Gasteiger partial charge is 0.481 e. The lowest BCUT2D eigenvalue weighted by Gasteiger charge is -2.09. The molecular weight excluding hydrogens is 348 g/mol. The van der Waals surface area contributed by atoms with Crippen LogP contribution in [0, 0.1) is 5.41 Å². The van der Waals surface area contributed by atoms with E-state index in [1.807, 2.05) is 60.0 Å². The van der Waals surface area contributed by atoms with Crippen molar-refractivity contribution in [1.82, 2.24) is 4.98 Å². The number of carboxylic acid groups (broad SMARTS) is 1. The molecule has 1 fully saturated rings. The Bertz CT molecular complexity index is 902.